The van der Waals surface area contributed by atoms with Crippen molar-refractivity contribution in [1.29, 1.82) is 0 Å². The van der Waals surface area contributed by atoms with Gasteiger partial charge in [0.05, 0.1) is 11.3 Å². The van der Waals surface area contributed by atoms with Gasteiger partial charge in [-0.3, -0.25) is 0 Å². The van der Waals surface area contributed by atoms with Gasteiger partial charge in [-0.25, -0.2) is 0 Å². The minimum Gasteiger partial charge on any atom is -0.507 e. The van der Waals surface area contributed by atoms with Crippen LogP contribution in [0.5, 0.6) is 5.75 Å². The number of phenols is 1. The second kappa shape index (κ2) is 3.46. The van der Waals surface area contributed by atoms with Crippen molar-refractivity contribution in [2.45, 2.75) is 12.4 Å². The molecule has 1 aromatic carbocycles. The number of benzene rings is 1. The minimum absolute atomic E-state index is 0.292. The second-order valence-corrected chi connectivity index (χ2v) is 2.92. The number of anilines is 1. The van der Waals surface area contributed by atoms with Crippen LogP contribution in [0.2, 0.25) is 0 Å². The van der Waals surface area contributed by atoms with Gasteiger partial charge in [0.2, 0.25) is 0 Å². The molecule has 0 amide bonds. The van der Waals surface area contributed by atoms with Gasteiger partial charge in [0.25, 0.3) is 0 Å². The standard InChI is InChI=1S/C8H5F6NO/c9-7(10,11)3-1-2-4(16)5(6(3)15)8(12,13)14/h1-2,16H,15H2. The molecule has 0 saturated carbocycles. The zero-order valence-electron chi connectivity index (χ0n) is 7.45. The van der Waals surface area contributed by atoms with Crippen molar-refractivity contribution in [2.75, 3.05) is 5.73 Å². The van der Waals surface area contributed by atoms with Gasteiger partial charge in [-0.15, -0.1) is 0 Å². The fourth-order valence-corrected chi connectivity index (χ4v) is 1.15. The molecule has 3 N–H and O–H groups in total. The molecule has 8 heteroatoms. The molecular weight excluding hydrogens is 240 g/mol. The molecule has 0 aliphatic carbocycles. The summed E-state index contributed by atoms with van der Waals surface area (Å²) in [5.41, 5.74) is -0.271. The van der Waals surface area contributed by atoms with Crippen molar-refractivity contribution in [3.05, 3.63) is 23.3 Å². The van der Waals surface area contributed by atoms with Gasteiger partial charge in [-0.2, -0.15) is 26.3 Å². The molecule has 0 saturated heterocycles. The van der Waals surface area contributed by atoms with E-state index >= 15 is 0 Å². The number of rotatable bonds is 0. The lowest BCUT2D eigenvalue weighted by atomic mass is 10.1. The highest BCUT2D eigenvalue weighted by molar-refractivity contribution is 5.61. The second-order valence-electron chi connectivity index (χ2n) is 2.92. The molecule has 0 spiro atoms. The summed E-state index contributed by atoms with van der Waals surface area (Å²) in [6.45, 7) is 0. The summed E-state index contributed by atoms with van der Waals surface area (Å²) >= 11 is 0. The van der Waals surface area contributed by atoms with Gasteiger partial charge in [0.1, 0.15) is 11.3 Å². The molecule has 0 bridgehead atoms. The Morgan fingerprint density at radius 1 is 0.938 bits per heavy atom. The molecule has 0 radical (unpaired) electrons. The molecular formula is C8H5F6NO. The van der Waals surface area contributed by atoms with Crippen LogP contribution in [0.25, 0.3) is 0 Å². The number of nitrogens with two attached hydrogens (primary N) is 1. The summed E-state index contributed by atoms with van der Waals surface area (Å²) in [5.74, 6) is -1.34. The minimum atomic E-state index is -5.14. The predicted octanol–water partition coefficient (Wildman–Crippen LogP) is 3.01. The van der Waals surface area contributed by atoms with Crippen molar-refractivity contribution < 1.29 is 31.4 Å². The number of hydrogen-bond acceptors (Lipinski definition) is 2. The topological polar surface area (TPSA) is 46.2 Å². The van der Waals surface area contributed by atoms with Crippen LogP contribution in [0, 0.1) is 0 Å². The first kappa shape index (κ1) is 12.5. The van der Waals surface area contributed by atoms with Crippen molar-refractivity contribution in [3.63, 3.8) is 0 Å². The molecule has 0 atom stereocenters. The molecule has 0 aliphatic heterocycles. The number of halogens is 6. The first-order valence-corrected chi connectivity index (χ1v) is 3.81. The molecule has 0 fully saturated rings. The van der Waals surface area contributed by atoms with Crippen molar-refractivity contribution in [3.8, 4) is 5.75 Å². The summed E-state index contributed by atoms with van der Waals surface area (Å²) in [6.07, 6.45) is -10.1. The maximum atomic E-state index is 12.3. The van der Waals surface area contributed by atoms with Gasteiger partial charge >= 0.3 is 12.4 Å². The van der Waals surface area contributed by atoms with Crippen LogP contribution in [-0.2, 0) is 12.4 Å². The van der Waals surface area contributed by atoms with Crippen LogP contribution < -0.4 is 5.73 Å². The summed E-state index contributed by atoms with van der Waals surface area (Å²) in [7, 11) is 0. The van der Waals surface area contributed by atoms with Crippen LogP contribution in [0.15, 0.2) is 12.1 Å². The molecule has 1 aromatic rings. The SMILES string of the molecule is Nc1c(C(F)(F)F)ccc(O)c1C(F)(F)F. The average Bonchev–Trinajstić information content (AvgIpc) is 1.97. The Morgan fingerprint density at radius 3 is 1.81 bits per heavy atom. The highest BCUT2D eigenvalue weighted by Gasteiger charge is 2.42. The molecule has 0 unspecified atom stereocenters. The maximum absolute atomic E-state index is 12.3. The lowest BCUT2D eigenvalue weighted by molar-refractivity contribution is -0.142. The van der Waals surface area contributed by atoms with Crippen molar-refractivity contribution in [1.82, 2.24) is 0 Å². The third-order valence-corrected chi connectivity index (χ3v) is 1.81. The fourth-order valence-electron chi connectivity index (χ4n) is 1.15. The van der Waals surface area contributed by atoms with Crippen LogP contribution in [0.1, 0.15) is 11.1 Å². The van der Waals surface area contributed by atoms with Crippen LogP contribution in [0.4, 0.5) is 32.0 Å². The van der Waals surface area contributed by atoms with E-state index in [9.17, 15) is 26.3 Å². The number of hydrogen-bond donors (Lipinski definition) is 2. The Bertz CT molecular complexity index is 408. The number of alkyl halides is 6. The Kier molecular flexibility index (Phi) is 2.70. The Labute approximate surface area is 85.3 Å². The van der Waals surface area contributed by atoms with E-state index < -0.39 is 34.9 Å². The number of nitrogen functional groups attached to an aromatic ring is 1. The fraction of sp³-hybridized carbons (Fsp3) is 0.250. The van der Waals surface area contributed by atoms with Crippen LogP contribution >= 0.6 is 0 Å². The van der Waals surface area contributed by atoms with E-state index in [-0.39, 0.29) is 0 Å². The van der Waals surface area contributed by atoms with Gasteiger partial charge in [-0.1, -0.05) is 0 Å². The Balaban J connectivity index is 3.52. The van der Waals surface area contributed by atoms with E-state index in [1.54, 1.807) is 0 Å². The molecule has 0 aromatic heterocycles. The summed E-state index contributed by atoms with van der Waals surface area (Å²) in [4.78, 5) is 0. The van der Waals surface area contributed by atoms with Gasteiger partial charge < -0.3 is 10.8 Å². The summed E-state index contributed by atoms with van der Waals surface area (Å²) in [6, 6.07) is 0.599. The molecule has 90 valence electrons. The first-order valence-electron chi connectivity index (χ1n) is 3.81. The van der Waals surface area contributed by atoms with Crippen molar-refractivity contribution in [2.24, 2.45) is 0 Å². The highest BCUT2D eigenvalue weighted by Crippen LogP contribution is 2.45. The molecule has 2 nitrogen and oxygen atoms in total. The van der Waals surface area contributed by atoms with E-state index in [1.807, 2.05) is 0 Å². The Hall–Kier alpha value is -1.60. The van der Waals surface area contributed by atoms with E-state index in [0.717, 1.165) is 0 Å². The first-order chi connectivity index (χ1) is 7.05. The lowest BCUT2D eigenvalue weighted by Crippen LogP contribution is -2.15. The molecule has 1 rings (SSSR count). The van der Waals surface area contributed by atoms with Crippen LogP contribution in [0.3, 0.4) is 0 Å². The third kappa shape index (κ3) is 2.15. The molecule has 0 heterocycles. The highest BCUT2D eigenvalue weighted by atomic mass is 19.4. The van der Waals surface area contributed by atoms with Crippen LogP contribution in [-0.4, -0.2) is 5.11 Å². The van der Waals surface area contributed by atoms with E-state index in [0.29, 0.717) is 12.1 Å². The molecule has 16 heavy (non-hydrogen) atoms. The largest absolute Gasteiger partial charge is 0.507 e. The molecule has 0 aliphatic rings. The number of phenolic OH excluding ortho intramolecular Hbond substituents is 1. The van der Waals surface area contributed by atoms with E-state index in [1.165, 1.54) is 0 Å². The monoisotopic (exact) mass is 245 g/mol. The van der Waals surface area contributed by atoms with E-state index in [2.05, 4.69) is 0 Å². The lowest BCUT2D eigenvalue weighted by Gasteiger charge is -2.16. The quantitative estimate of drug-likeness (QED) is 0.545. The van der Waals surface area contributed by atoms with Gasteiger partial charge in [0.15, 0.2) is 0 Å². The average molecular weight is 245 g/mol. The zero-order valence-corrected chi connectivity index (χ0v) is 7.45. The predicted molar refractivity (Wildman–Crippen MR) is 42.5 cm³/mol. The van der Waals surface area contributed by atoms with Gasteiger partial charge in [0, 0.05) is 0 Å². The summed E-state index contributed by atoms with van der Waals surface area (Å²) < 4.78 is 73.5. The van der Waals surface area contributed by atoms with Crippen molar-refractivity contribution >= 4 is 5.69 Å². The summed E-state index contributed by atoms with van der Waals surface area (Å²) in [5, 5.41) is 8.85. The normalized spacial score (nSPS) is 12.9. The third-order valence-electron chi connectivity index (χ3n) is 1.81. The maximum Gasteiger partial charge on any atom is 0.421 e. The number of aromatic hydroxyl groups is 1. The zero-order chi connectivity index (χ0) is 12.7. The smallest absolute Gasteiger partial charge is 0.421 e. The van der Waals surface area contributed by atoms with Gasteiger partial charge in [-0.05, 0) is 12.1 Å². The Morgan fingerprint density at radius 2 is 1.44 bits per heavy atom. The van der Waals surface area contributed by atoms with E-state index in [4.69, 9.17) is 10.8 Å².